The number of hydrogen-bond acceptors (Lipinski definition) is 5. The predicted octanol–water partition coefficient (Wildman–Crippen LogP) is 3.64. The van der Waals surface area contributed by atoms with Crippen LogP contribution < -0.4 is 16.0 Å². The standard InChI is InChI=1S/C23H28ClN5O3/c1-15(28-32)16-5-4-6-17(13-16)23(2,3)27-22(31)26-18-7-8-20(24)19(14-18)21(30)29-11-9-25-10-12-29/h4-8,13-14,25,32H,9-12H2,1-3H3,(H2,26,27,31)/b28-15+. The number of hydrogen-bond donors (Lipinski definition) is 4. The Hall–Kier alpha value is -3.10. The molecule has 1 fully saturated rings. The van der Waals surface area contributed by atoms with Crippen LogP contribution in [0.5, 0.6) is 0 Å². The van der Waals surface area contributed by atoms with Crippen LogP contribution in [0.2, 0.25) is 5.02 Å². The molecule has 32 heavy (non-hydrogen) atoms. The van der Waals surface area contributed by atoms with E-state index in [1.165, 1.54) is 0 Å². The van der Waals surface area contributed by atoms with Gasteiger partial charge in [-0.15, -0.1) is 0 Å². The van der Waals surface area contributed by atoms with Crippen LogP contribution in [0.15, 0.2) is 47.6 Å². The number of nitrogens with zero attached hydrogens (tertiary/aromatic N) is 2. The van der Waals surface area contributed by atoms with Crippen LogP contribution >= 0.6 is 11.6 Å². The summed E-state index contributed by atoms with van der Waals surface area (Å²) in [7, 11) is 0. The van der Waals surface area contributed by atoms with E-state index in [1.807, 2.05) is 38.1 Å². The van der Waals surface area contributed by atoms with E-state index in [1.54, 1.807) is 30.0 Å². The van der Waals surface area contributed by atoms with E-state index in [2.05, 4.69) is 21.1 Å². The Morgan fingerprint density at radius 1 is 1.16 bits per heavy atom. The summed E-state index contributed by atoms with van der Waals surface area (Å²) in [4.78, 5) is 27.3. The molecule has 4 N–H and O–H groups in total. The minimum absolute atomic E-state index is 0.154. The number of urea groups is 1. The second-order valence-electron chi connectivity index (χ2n) is 8.21. The van der Waals surface area contributed by atoms with Crippen LogP contribution in [0.25, 0.3) is 0 Å². The molecular formula is C23H28ClN5O3. The highest BCUT2D eigenvalue weighted by Gasteiger charge is 2.24. The summed E-state index contributed by atoms with van der Waals surface area (Å²) in [6, 6.07) is 11.9. The fourth-order valence-electron chi connectivity index (χ4n) is 3.51. The van der Waals surface area contributed by atoms with Crippen LogP contribution in [-0.4, -0.2) is 53.9 Å². The topological polar surface area (TPSA) is 106 Å². The Kier molecular flexibility index (Phi) is 7.37. The fourth-order valence-corrected chi connectivity index (χ4v) is 3.71. The second kappa shape index (κ2) is 10.0. The lowest BCUT2D eigenvalue weighted by Gasteiger charge is -2.28. The molecule has 0 bridgehead atoms. The first-order valence-electron chi connectivity index (χ1n) is 10.4. The molecule has 2 aromatic rings. The van der Waals surface area contributed by atoms with Crippen molar-refractivity contribution in [2.45, 2.75) is 26.3 Å². The maximum atomic E-state index is 12.8. The van der Waals surface area contributed by atoms with Crippen molar-refractivity contribution in [1.82, 2.24) is 15.5 Å². The average Bonchev–Trinajstić information content (AvgIpc) is 2.79. The predicted molar refractivity (Wildman–Crippen MR) is 126 cm³/mol. The highest BCUT2D eigenvalue weighted by molar-refractivity contribution is 6.34. The van der Waals surface area contributed by atoms with Gasteiger partial charge in [-0.2, -0.15) is 0 Å². The summed E-state index contributed by atoms with van der Waals surface area (Å²) in [5.74, 6) is -0.154. The molecule has 2 aromatic carbocycles. The third kappa shape index (κ3) is 5.57. The van der Waals surface area contributed by atoms with Gasteiger partial charge >= 0.3 is 6.03 Å². The van der Waals surface area contributed by atoms with E-state index in [9.17, 15) is 9.59 Å². The highest BCUT2D eigenvalue weighted by Crippen LogP contribution is 2.24. The molecular weight excluding hydrogens is 430 g/mol. The Bertz CT molecular complexity index is 1030. The zero-order valence-electron chi connectivity index (χ0n) is 18.4. The number of amides is 3. The van der Waals surface area contributed by atoms with E-state index in [0.717, 1.165) is 24.2 Å². The molecule has 0 saturated carbocycles. The summed E-state index contributed by atoms with van der Waals surface area (Å²) in [6.07, 6.45) is 0. The van der Waals surface area contributed by atoms with E-state index in [4.69, 9.17) is 16.8 Å². The normalized spacial score (nSPS) is 14.8. The number of anilines is 1. The minimum atomic E-state index is -0.707. The number of nitrogens with one attached hydrogen (secondary N) is 3. The van der Waals surface area contributed by atoms with Crippen LogP contribution in [-0.2, 0) is 5.54 Å². The Morgan fingerprint density at radius 2 is 1.88 bits per heavy atom. The lowest BCUT2D eigenvalue weighted by Crippen LogP contribution is -2.46. The molecule has 0 unspecified atom stereocenters. The number of halogens is 1. The molecule has 1 aliphatic rings. The molecule has 0 aliphatic carbocycles. The summed E-state index contributed by atoms with van der Waals surface area (Å²) in [5.41, 5.74) is 2.21. The summed E-state index contributed by atoms with van der Waals surface area (Å²) < 4.78 is 0. The van der Waals surface area contributed by atoms with Gasteiger partial charge in [0.15, 0.2) is 0 Å². The molecule has 1 aliphatic heterocycles. The van der Waals surface area contributed by atoms with Crippen molar-refractivity contribution in [2.24, 2.45) is 5.16 Å². The van der Waals surface area contributed by atoms with Gasteiger partial charge in [-0.05, 0) is 56.2 Å². The average molecular weight is 458 g/mol. The Labute approximate surface area is 192 Å². The van der Waals surface area contributed by atoms with Crippen molar-refractivity contribution < 1.29 is 14.8 Å². The van der Waals surface area contributed by atoms with E-state index >= 15 is 0 Å². The Morgan fingerprint density at radius 3 is 2.56 bits per heavy atom. The van der Waals surface area contributed by atoms with Crippen LogP contribution in [0.3, 0.4) is 0 Å². The molecule has 0 radical (unpaired) electrons. The van der Waals surface area contributed by atoms with Gasteiger partial charge in [0.2, 0.25) is 0 Å². The van der Waals surface area contributed by atoms with Crippen LogP contribution in [0.4, 0.5) is 10.5 Å². The SMILES string of the molecule is C/C(=N\O)c1cccc(C(C)(C)NC(=O)Nc2ccc(Cl)c(C(=O)N3CCNCC3)c2)c1. The number of carbonyl (C=O) groups is 2. The van der Waals surface area contributed by atoms with Crippen molar-refractivity contribution in [2.75, 3.05) is 31.5 Å². The molecule has 1 saturated heterocycles. The monoisotopic (exact) mass is 457 g/mol. The maximum absolute atomic E-state index is 12.8. The minimum Gasteiger partial charge on any atom is -0.411 e. The lowest BCUT2D eigenvalue weighted by atomic mass is 9.92. The van der Waals surface area contributed by atoms with Crippen molar-refractivity contribution in [3.8, 4) is 0 Å². The molecule has 8 nitrogen and oxygen atoms in total. The van der Waals surface area contributed by atoms with E-state index in [-0.39, 0.29) is 5.91 Å². The van der Waals surface area contributed by atoms with E-state index in [0.29, 0.717) is 35.1 Å². The Balaban J connectivity index is 1.72. The third-order valence-electron chi connectivity index (χ3n) is 5.44. The smallest absolute Gasteiger partial charge is 0.319 e. The molecule has 0 spiro atoms. The molecule has 3 rings (SSSR count). The van der Waals surface area contributed by atoms with Crippen molar-refractivity contribution in [3.05, 3.63) is 64.2 Å². The first-order chi connectivity index (χ1) is 15.2. The summed E-state index contributed by atoms with van der Waals surface area (Å²) in [6.45, 7) is 8.15. The van der Waals surface area contributed by atoms with Crippen molar-refractivity contribution in [1.29, 1.82) is 0 Å². The molecule has 0 aromatic heterocycles. The zero-order chi connectivity index (χ0) is 23.3. The molecule has 3 amide bonds. The lowest BCUT2D eigenvalue weighted by molar-refractivity contribution is 0.0736. The van der Waals surface area contributed by atoms with Gasteiger partial charge in [0.05, 0.1) is 21.8 Å². The number of benzene rings is 2. The van der Waals surface area contributed by atoms with Gasteiger partial charge in [-0.1, -0.05) is 35.0 Å². The van der Waals surface area contributed by atoms with Gasteiger partial charge in [0.1, 0.15) is 0 Å². The maximum Gasteiger partial charge on any atom is 0.319 e. The first kappa shape index (κ1) is 23.6. The van der Waals surface area contributed by atoms with Gasteiger partial charge in [-0.3, -0.25) is 4.79 Å². The summed E-state index contributed by atoms with van der Waals surface area (Å²) in [5, 5.41) is 21.5. The largest absolute Gasteiger partial charge is 0.411 e. The van der Waals surface area contributed by atoms with Crippen LogP contribution in [0, 0.1) is 0 Å². The number of rotatable bonds is 5. The van der Waals surface area contributed by atoms with Gasteiger partial charge in [-0.25, -0.2) is 4.79 Å². The van der Waals surface area contributed by atoms with Gasteiger partial charge < -0.3 is 26.1 Å². The first-order valence-corrected chi connectivity index (χ1v) is 10.8. The summed E-state index contributed by atoms with van der Waals surface area (Å²) >= 11 is 6.27. The quantitative estimate of drug-likeness (QED) is 0.312. The second-order valence-corrected chi connectivity index (χ2v) is 8.61. The molecule has 1 heterocycles. The number of oxime groups is 1. The highest BCUT2D eigenvalue weighted by atomic mass is 35.5. The van der Waals surface area contributed by atoms with Crippen LogP contribution in [0.1, 0.15) is 42.3 Å². The molecule has 9 heteroatoms. The number of piperazine rings is 1. The van der Waals surface area contributed by atoms with Crippen molar-refractivity contribution in [3.63, 3.8) is 0 Å². The van der Waals surface area contributed by atoms with E-state index < -0.39 is 11.6 Å². The zero-order valence-corrected chi connectivity index (χ0v) is 19.2. The number of carbonyl (C=O) groups excluding carboxylic acids is 2. The van der Waals surface area contributed by atoms with Gasteiger partial charge in [0.25, 0.3) is 5.91 Å². The fraction of sp³-hybridized carbons (Fsp3) is 0.348. The van der Waals surface area contributed by atoms with Gasteiger partial charge in [0, 0.05) is 31.9 Å². The third-order valence-corrected chi connectivity index (χ3v) is 5.77. The molecule has 0 atom stereocenters. The van der Waals surface area contributed by atoms with Crippen molar-refractivity contribution >= 4 is 34.9 Å². The molecule has 170 valence electrons.